The van der Waals surface area contributed by atoms with E-state index in [4.69, 9.17) is 9.47 Å². The number of fused-ring (bicyclic) bond motifs is 1. The fourth-order valence-electron chi connectivity index (χ4n) is 4.02. The first-order chi connectivity index (χ1) is 10.4. The van der Waals surface area contributed by atoms with Gasteiger partial charge in [0.2, 0.25) is 0 Å². The van der Waals surface area contributed by atoms with Gasteiger partial charge in [-0.1, -0.05) is 19.9 Å². The summed E-state index contributed by atoms with van der Waals surface area (Å²) in [6.45, 7) is 4.44. The van der Waals surface area contributed by atoms with Crippen molar-refractivity contribution in [2.75, 3.05) is 13.2 Å². The van der Waals surface area contributed by atoms with Gasteiger partial charge in [0.15, 0.2) is 6.29 Å². The number of ether oxygens (including phenoxy) is 2. The van der Waals surface area contributed by atoms with Crippen LogP contribution in [0.3, 0.4) is 0 Å². The first-order valence-electron chi connectivity index (χ1n) is 7.97. The second-order valence-electron chi connectivity index (χ2n) is 7.33. The van der Waals surface area contributed by atoms with Gasteiger partial charge in [-0.3, -0.25) is 0 Å². The number of rotatable bonds is 4. The predicted molar refractivity (Wildman–Crippen MR) is 77.8 cm³/mol. The minimum Gasteiger partial charge on any atom is -0.394 e. The molecular formula is C16H26O6. The summed E-state index contributed by atoms with van der Waals surface area (Å²) in [5, 5.41) is 38.7. The van der Waals surface area contributed by atoms with Gasteiger partial charge in [0.1, 0.15) is 24.4 Å². The molecule has 2 bridgehead atoms. The van der Waals surface area contributed by atoms with Crippen LogP contribution in [0, 0.1) is 17.3 Å². The van der Waals surface area contributed by atoms with Crippen LogP contribution in [0.4, 0.5) is 0 Å². The summed E-state index contributed by atoms with van der Waals surface area (Å²) < 4.78 is 11.0. The van der Waals surface area contributed by atoms with Crippen molar-refractivity contribution in [2.45, 2.75) is 57.4 Å². The quantitative estimate of drug-likeness (QED) is 0.536. The lowest BCUT2D eigenvalue weighted by Crippen LogP contribution is -2.59. The summed E-state index contributed by atoms with van der Waals surface area (Å²) in [5.74, 6) is 1.24. The van der Waals surface area contributed by atoms with Crippen molar-refractivity contribution >= 4 is 0 Å². The third-order valence-corrected chi connectivity index (χ3v) is 5.85. The second kappa shape index (κ2) is 5.85. The monoisotopic (exact) mass is 314 g/mol. The lowest BCUT2D eigenvalue weighted by Gasteiger charge is -2.56. The maximum Gasteiger partial charge on any atom is 0.187 e. The summed E-state index contributed by atoms with van der Waals surface area (Å²) in [6.07, 6.45) is -1.60. The molecule has 4 aliphatic rings. The highest BCUT2D eigenvalue weighted by atomic mass is 16.7. The molecule has 0 radical (unpaired) electrons. The van der Waals surface area contributed by atoms with Gasteiger partial charge in [-0.2, -0.15) is 0 Å². The summed E-state index contributed by atoms with van der Waals surface area (Å²) in [7, 11) is 0. The standard InChI is InChI=1S/C16H26O6/c1-16(2)9-4-3-8(10(16)5-9)7-21-15-14(20)13(19)12(18)11(6-17)22-15/h3,9-15,17-20H,4-7H2,1-2H3/t9?,10?,11-,12-,13+,14-,15-/m1/s1. The second-order valence-corrected chi connectivity index (χ2v) is 7.33. The molecule has 0 amide bonds. The summed E-state index contributed by atoms with van der Waals surface area (Å²) >= 11 is 0. The van der Waals surface area contributed by atoms with Crippen LogP contribution in [-0.4, -0.2) is 64.3 Å². The van der Waals surface area contributed by atoms with E-state index >= 15 is 0 Å². The highest BCUT2D eigenvalue weighted by Crippen LogP contribution is 2.59. The van der Waals surface area contributed by atoms with E-state index in [9.17, 15) is 20.4 Å². The van der Waals surface area contributed by atoms with Gasteiger partial charge in [-0.15, -0.1) is 0 Å². The van der Waals surface area contributed by atoms with E-state index in [2.05, 4.69) is 19.9 Å². The molecule has 2 unspecified atom stereocenters. The van der Waals surface area contributed by atoms with E-state index in [1.54, 1.807) is 0 Å². The van der Waals surface area contributed by atoms with Gasteiger partial charge in [0.05, 0.1) is 13.2 Å². The molecule has 3 aliphatic carbocycles. The Bertz CT molecular complexity index is 446. The maximum atomic E-state index is 9.97. The van der Waals surface area contributed by atoms with E-state index in [1.807, 2.05) is 0 Å². The number of aliphatic hydroxyl groups is 4. The molecule has 0 spiro atoms. The van der Waals surface area contributed by atoms with Gasteiger partial charge >= 0.3 is 0 Å². The Hall–Kier alpha value is -0.500. The lowest BCUT2D eigenvalue weighted by atomic mass is 9.49. The van der Waals surface area contributed by atoms with Crippen molar-refractivity contribution in [1.29, 1.82) is 0 Å². The Balaban J connectivity index is 1.60. The molecule has 126 valence electrons. The van der Waals surface area contributed by atoms with Crippen molar-refractivity contribution in [3.05, 3.63) is 11.6 Å². The fraction of sp³-hybridized carbons (Fsp3) is 0.875. The van der Waals surface area contributed by atoms with Gasteiger partial charge in [-0.05, 0) is 35.7 Å². The van der Waals surface area contributed by atoms with E-state index in [0.717, 1.165) is 12.3 Å². The highest BCUT2D eigenvalue weighted by molar-refractivity contribution is 5.23. The molecule has 4 rings (SSSR count). The van der Waals surface area contributed by atoms with E-state index in [0.29, 0.717) is 17.9 Å². The summed E-state index contributed by atoms with van der Waals surface area (Å²) in [6, 6.07) is 0. The van der Waals surface area contributed by atoms with E-state index in [-0.39, 0.29) is 0 Å². The number of aliphatic hydroxyl groups excluding tert-OH is 4. The molecule has 6 nitrogen and oxygen atoms in total. The molecule has 1 saturated carbocycles. The molecule has 4 N–H and O–H groups in total. The third kappa shape index (κ3) is 2.52. The molecule has 22 heavy (non-hydrogen) atoms. The smallest absolute Gasteiger partial charge is 0.187 e. The Labute approximate surface area is 130 Å². The zero-order chi connectivity index (χ0) is 16.1. The van der Waals surface area contributed by atoms with Crippen molar-refractivity contribution in [2.24, 2.45) is 17.3 Å². The summed E-state index contributed by atoms with van der Waals surface area (Å²) in [4.78, 5) is 0. The van der Waals surface area contributed by atoms with Crippen LogP contribution in [-0.2, 0) is 9.47 Å². The Kier molecular flexibility index (Phi) is 4.35. The molecule has 1 aliphatic heterocycles. The van der Waals surface area contributed by atoms with Crippen LogP contribution in [0.15, 0.2) is 11.6 Å². The fourth-order valence-corrected chi connectivity index (χ4v) is 4.02. The van der Waals surface area contributed by atoms with Gasteiger partial charge in [0.25, 0.3) is 0 Å². The van der Waals surface area contributed by atoms with Gasteiger partial charge in [0, 0.05) is 0 Å². The largest absolute Gasteiger partial charge is 0.394 e. The minimum atomic E-state index is -1.39. The SMILES string of the molecule is CC1(C)C2CC=C(CO[C@@H]3O[C@H](CO)[C@@H](O)[C@H](O)[C@H]3O)C1C2. The molecular weight excluding hydrogens is 288 g/mol. The molecule has 0 aromatic heterocycles. The van der Waals surface area contributed by atoms with Crippen LogP contribution < -0.4 is 0 Å². The van der Waals surface area contributed by atoms with Crippen LogP contribution in [0.2, 0.25) is 0 Å². The average Bonchev–Trinajstić information content (AvgIpc) is 2.52. The summed E-state index contributed by atoms with van der Waals surface area (Å²) in [5.41, 5.74) is 1.51. The molecule has 0 aromatic carbocycles. The topological polar surface area (TPSA) is 99.4 Å². The highest BCUT2D eigenvalue weighted by Gasteiger charge is 2.51. The third-order valence-electron chi connectivity index (χ3n) is 5.85. The number of allylic oxidation sites excluding steroid dienone is 1. The molecule has 2 fully saturated rings. The first-order valence-corrected chi connectivity index (χ1v) is 7.97. The van der Waals surface area contributed by atoms with E-state index in [1.165, 1.54) is 12.0 Å². The average molecular weight is 314 g/mol. The van der Waals surface area contributed by atoms with Crippen molar-refractivity contribution in [3.63, 3.8) is 0 Å². The minimum absolute atomic E-state index is 0.294. The molecule has 0 aromatic rings. The van der Waals surface area contributed by atoms with E-state index < -0.39 is 37.3 Å². The van der Waals surface area contributed by atoms with Crippen LogP contribution >= 0.6 is 0 Å². The Morgan fingerprint density at radius 2 is 1.95 bits per heavy atom. The van der Waals surface area contributed by atoms with Crippen molar-refractivity contribution < 1.29 is 29.9 Å². The van der Waals surface area contributed by atoms with Gasteiger partial charge < -0.3 is 29.9 Å². The van der Waals surface area contributed by atoms with Crippen LogP contribution in [0.25, 0.3) is 0 Å². The number of hydrogen-bond acceptors (Lipinski definition) is 6. The zero-order valence-electron chi connectivity index (χ0n) is 13.1. The molecule has 7 atom stereocenters. The number of hydrogen-bond donors (Lipinski definition) is 4. The van der Waals surface area contributed by atoms with Gasteiger partial charge in [-0.25, -0.2) is 0 Å². The van der Waals surface area contributed by atoms with Crippen LogP contribution in [0.5, 0.6) is 0 Å². The van der Waals surface area contributed by atoms with Crippen molar-refractivity contribution in [1.82, 2.24) is 0 Å². The molecule has 1 heterocycles. The lowest BCUT2D eigenvalue weighted by molar-refractivity contribution is -0.299. The first kappa shape index (κ1) is 16.4. The molecule has 6 heteroatoms. The molecule has 1 saturated heterocycles. The van der Waals surface area contributed by atoms with Crippen LogP contribution in [0.1, 0.15) is 26.7 Å². The zero-order valence-corrected chi connectivity index (χ0v) is 13.1. The Morgan fingerprint density at radius 1 is 1.23 bits per heavy atom. The predicted octanol–water partition coefficient (Wildman–Crippen LogP) is -0.205. The Morgan fingerprint density at radius 3 is 2.55 bits per heavy atom. The normalized spacial score (nSPS) is 46.8. The van der Waals surface area contributed by atoms with Crippen molar-refractivity contribution in [3.8, 4) is 0 Å². The maximum absolute atomic E-state index is 9.97.